The van der Waals surface area contributed by atoms with Crippen molar-refractivity contribution >= 4 is 22.0 Å². The van der Waals surface area contributed by atoms with Crippen LogP contribution in [0, 0.1) is 0 Å². The Labute approximate surface area is 105 Å². The first-order valence-corrected chi connectivity index (χ1v) is 7.01. The molecule has 0 saturated carbocycles. The van der Waals surface area contributed by atoms with Gasteiger partial charge in [0.15, 0.2) is 0 Å². The lowest BCUT2D eigenvalue weighted by atomic mass is 10.2. The lowest BCUT2D eigenvalue weighted by Crippen LogP contribution is -2.62. The lowest BCUT2D eigenvalue weighted by Gasteiger charge is -2.36. The molecule has 0 aromatic rings. The highest BCUT2D eigenvalue weighted by molar-refractivity contribution is 7.86. The average molecular weight is 277 g/mol. The van der Waals surface area contributed by atoms with E-state index in [9.17, 15) is 18.0 Å². The van der Waals surface area contributed by atoms with E-state index in [1.807, 2.05) is 0 Å². The number of amides is 2. The molecule has 0 radical (unpaired) electrons. The Morgan fingerprint density at radius 2 is 1.89 bits per heavy atom. The molecular formula is C9H15N3O5S. The van der Waals surface area contributed by atoms with E-state index in [-0.39, 0.29) is 19.6 Å². The third kappa shape index (κ3) is 2.39. The minimum atomic E-state index is -3.80. The highest BCUT2D eigenvalue weighted by Gasteiger charge is 2.41. The first-order valence-electron chi connectivity index (χ1n) is 5.61. The summed E-state index contributed by atoms with van der Waals surface area (Å²) in [6.45, 7) is 2.25. The first-order chi connectivity index (χ1) is 8.43. The third-order valence-electron chi connectivity index (χ3n) is 2.97. The molecule has 2 saturated heterocycles. The maximum absolute atomic E-state index is 12.3. The predicted molar refractivity (Wildman–Crippen MR) is 60.6 cm³/mol. The van der Waals surface area contributed by atoms with Gasteiger partial charge in [0.25, 0.3) is 10.2 Å². The van der Waals surface area contributed by atoms with Crippen LogP contribution < -0.4 is 5.32 Å². The molecule has 2 amide bonds. The molecule has 0 aromatic carbocycles. The van der Waals surface area contributed by atoms with Crippen molar-refractivity contribution in [1.82, 2.24) is 13.9 Å². The maximum atomic E-state index is 12.3. The van der Waals surface area contributed by atoms with E-state index in [2.05, 4.69) is 5.32 Å². The molecule has 2 heterocycles. The Hall–Kier alpha value is -1.03. The number of imide groups is 1. The topological polar surface area (TPSA) is 96.0 Å². The summed E-state index contributed by atoms with van der Waals surface area (Å²) in [6.07, 6.45) is 0. The molecule has 2 rings (SSSR count). The summed E-state index contributed by atoms with van der Waals surface area (Å²) in [7, 11) is -3.80. The van der Waals surface area contributed by atoms with Crippen molar-refractivity contribution in [3.8, 4) is 0 Å². The minimum absolute atomic E-state index is 0.237. The van der Waals surface area contributed by atoms with Crippen LogP contribution in [0.25, 0.3) is 0 Å². The number of carbonyl (C=O) groups is 2. The van der Waals surface area contributed by atoms with Gasteiger partial charge in [-0.05, 0) is 6.92 Å². The van der Waals surface area contributed by atoms with Crippen molar-refractivity contribution in [1.29, 1.82) is 0 Å². The Morgan fingerprint density at radius 3 is 2.50 bits per heavy atom. The van der Waals surface area contributed by atoms with Crippen LogP contribution in [0.3, 0.4) is 0 Å². The summed E-state index contributed by atoms with van der Waals surface area (Å²) >= 11 is 0. The summed E-state index contributed by atoms with van der Waals surface area (Å²) in [5.41, 5.74) is 0. The minimum Gasteiger partial charge on any atom is -0.379 e. The normalized spacial score (nSPS) is 28.2. The smallest absolute Gasteiger partial charge is 0.283 e. The molecular weight excluding hydrogens is 262 g/mol. The van der Waals surface area contributed by atoms with Gasteiger partial charge in [-0.1, -0.05) is 0 Å². The standard InChI is InChI=1S/C9H15N3O5S/c1-7-9(14)10-8(13)6-12(7)18(15,16)11-2-4-17-5-3-11/h7H,2-6H2,1H3,(H,10,13,14). The first kappa shape index (κ1) is 13.4. The number of nitrogens with zero attached hydrogens (tertiary/aromatic N) is 2. The Balaban J connectivity index is 2.22. The predicted octanol–water partition coefficient (Wildman–Crippen LogP) is -2.09. The number of carbonyl (C=O) groups excluding carboxylic acids is 2. The molecule has 0 bridgehead atoms. The lowest BCUT2D eigenvalue weighted by molar-refractivity contribution is -0.136. The molecule has 1 atom stereocenters. The highest BCUT2D eigenvalue weighted by Crippen LogP contribution is 2.16. The van der Waals surface area contributed by atoms with Crippen LogP contribution in [-0.4, -0.2) is 67.7 Å². The van der Waals surface area contributed by atoms with Gasteiger partial charge >= 0.3 is 0 Å². The van der Waals surface area contributed by atoms with E-state index in [0.29, 0.717) is 13.2 Å². The van der Waals surface area contributed by atoms with Crippen molar-refractivity contribution in [2.45, 2.75) is 13.0 Å². The molecule has 0 aromatic heterocycles. The van der Waals surface area contributed by atoms with E-state index in [1.165, 1.54) is 11.2 Å². The van der Waals surface area contributed by atoms with Gasteiger partial charge < -0.3 is 4.74 Å². The molecule has 2 aliphatic rings. The van der Waals surface area contributed by atoms with Crippen LogP contribution in [0.1, 0.15) is 6.92 Å². The zero-order valence-corrected chi connectivity index (χ0v) is 10.8. The van der Waals surface area contributed by atoms with Crippen molar-refractivity contribution in [2.75, 3.05) is 32.8 Å². The van der Waals surface area contributed by atoms with Gasteiger partial charge in [-0.25, -0.2) is 0 Å². The van der Waals surface area contributed by atoms with Gasteiger partial charge in [0.2, 0.25) is 11.8 Å². The van der Waals surface area contributed by atoms with Crippen LogP contribution in [0.15, 0.2) is 0 Å². The van der Waals surface area contributed by atoms with Crippen LogP contribution >= 0.6 is 0 Å². The number of rotatable bonds is 2. The summed E-state index contributed by atoms with van der Waals surface area (Å²) in [6, 6.07) is -0.879. The van der Waals surface area contributed by atoms with Crippen molar-refractivity contribution in [2.24, 2.45) is 0 Å². The fourth-order valence-corrected chi connectivity index (χ4v) is 3.58. The largest absolute Gasteiger partial charge is 0.379 e. The average Bonchev–Trinajstić information content (AvgIpc) is 2.34. The van der Waals surface area contributed by atoms with Crippen LogP contribution in [0.4, 0.5) is 0 Å². The molecule has 102 valence electrons. The number of hydrogen-bond acceptors (Lipinski definition) is 5. The Morgan fingerprint density at radius 1 is 1.28 bits per heavy atom. The summed E-state index contributed by atoms with van der Waals surface area (Å²) in [4.78, 5) is 22.7. The summed E-state index contributed by atoms with van der Waals surface area (Å²) in [5.74, 6) is -1.20. The second kappa shape index (κ2) is 4.92. The van der Waals surface area contributed by atoms with E-state index in [1.54, 1.807) is 0 Å². The van der Waals surface area contributed by atoms with Crippen molar-refractivity contribution < 1.29 is 22.7 Å². The summed E-state index contributed by atoms with van der Waals surface area (Å²) in [5, 5.41) is 2.11. The highest BCUT2D eigenvalue weighted by atomic mass is 32.2. The van der Waals surface area contributed by atoms with E-state index in [0.717, 1.165) is 4.31 Å². The van der Waals surface area contributed by atoms with Crippen molar-refractivity contribution in [3.05, 3.63) is 0 Å². The summed E-state index contributed by atoms with van der Waals surface area (Å²) < 4.78 is 31.9. The molecule has 2 aliphatic heterocycles. The monoisotopic (exact) mass is 277 g/mol. The van der Waals surface area contributed by atoms with Gasteiger partial charge in [-0.2, -0.15) is 17.0 Å². The molecule has 9 heteroatoms. The van der Waals surface area contributed by atoms with E-state index in [4.69, 9.17) is 4.74 Å². The van der Waals surface area contributed by atoms with E-state index < -0.39 is 28.1 Å². The fourth-order valence-electron chi connectivity index (χ4n) is 1.90. The van der Waals surface area contributed by atoms with Gasteiger partial charge in [-0.15, -0.1) is 0 Å². The van der Waals surface area contributed by atoms with Crippen LogP contribution in [0.5, 0.6) is 0 Å². The van der Waals surface area contributed by atoms with E-state index >= 15 is 0 Å². The zero-order valence-electron chi connectivity index (χ0n) is 9.96. The fraction of sp³-hybridized carbons (Fsp3) is 0.778. The van der Waals surface area contributed by atoms with Gasteiger partial charge in [0.1, 0.15) is 6.04 Å². The van der Waals surface area contributed by atoms with Crippen LogP contribution in [-0.2, 0) is 24.5 Å². The quantitative estimate of drug-likeness (QED) is 0.584. The SMILES string of the molecule is CC1C(=O)NC(=O)CN1S(=O)(=O)N1CCOCC1. The van der Waals surface area contributed by atoms with Gasteiger partial charge in [0.05, 0.1) is 19.8 Å². The third-order valence-corrected chi connectivity index (χ3v) is 5.02. The zero-order chi connectivity index (χ0) is 13.3. The number of hydrogen-bond donors (Lipinski definition) is 1. The number of piperazine rings is 1. The van der Waals surface area contributed by atoms with Gasteiger partial charge in [0, 0.05) is 13.1 Å². The molecule has 0 aliphatic carbocycles. The molecule has 8 nitrogen and oxygen atoms in total. The Kier molecular flexibility index (Phi) is 3.66. The van der Waals surface area contributed by atoms with Gasteiger partial charge in [-0.3, -0.25) is 14.9 Å². The van der Waals surface area contributed by atoms with Crippen LogP contribution in [0.2, 0.25) is 0 Å². The molecule has 1 unspecified atom stereocenters. The molecule has 18 heavy (non-hydrogen) atoms. The second-order valence-corrected chi connectivity index (χ2v) is 6.03. The molecule has 0 spiro atoms. The maximum Gasteiger partial charge on any atom is 0.283 e. The second-order valence-electron chi connectivity index (χ2n) is 4.15. The number of ether oxygens (including phenoxy) is 1. The number of morpholine rings is 1. The molecule has 2 fully saturated rings. The Bertz CT molecular complexity index is 457. The van der Waals surface area contributed by atoms with Crippen molar-refractivity contribution in [3.63, 3.8) is 0 Å². The number of nitrogens with one attached hydrogen (secondary N) is 1. The molecule has 1 N–H and O–H groups in total.